The summed E-state index contributed by atoms with van der Waals surface area (Å²) < 4.78 is 0. The molecule has 0 heterocycles. The van der Waals surface area contributed by atoms with E-state index in [0.29, 0.717) is 17.6 Å². The summed E-state index contributed by atoms with van der Waals surface area (Å²) in [7, 11) is 0. The number of phenolic OH excluding ortho intramolecular Hbond substituents is 1. The number of benzene rings is 1. The van der Waals surface area contributed by atoms with Gasteiger partial charge in [0.05, 0.1) is 6.07 Å². The molecule has 78 valence electrons. The fourth-order valence-corrected chi connectivity index (χ4v) is 2.10. The number of nitriles is 1. The second-order valence-corrected chi connectivity index (χ2v) is 4.28. The number of aromatic hydroxyl groups is 1. The van der Waals surface area contributed by atoms with Gasteiger partial charge in [0.25, 0.3) is 0 Å². The van der Waals surface area contributed by atoms with Crippen molar-refractivity contribution in [2.45, 2.75) is 25.7 Å². The highest BCUT2D eigenvalue weighted by atomic mass is 16.3. The predicted molar refractivity (Wildman–Crippen MR) is 58.3 cm³/mol. The molecular weight excluding hydrogens is 186 g/mol. The van der Waals surface area contributed by atoms with Crippen molar-refractivity contribution in [1.29, 1.82) is 5.26 Å². The fraction of sp³-hybridized carbons (Fsp3) is 0.462. The average molecular weight is 201 g/mol. The van der Waals surface area contributed by atoms with Crippen molar-refractivity contribution in [3.8, 4) is 11.8 Å². The van der Waals surface area contributed by atoms with Gasteiger partial charge < -0.3 is 5.11 Å². The second kappa shape index (κ2) is 4.35. The summed E-state index contributed by atoms with van der Waals surface area (Å²) in [4.78, 5) is 0. The van der Waals surface area contributed by atoms with Crippen LogP contribution in [0, 0.1) is 23.2 Å². The molecule has 15 heavy (non-hydrogen) atoms. The highest BCUT2D eigenvalue weighted by molar-refractivity contribution is 5.26. The summed E-state index contributed by atoms with van der Waals surface area (Å²) in [5.41, 5.74) is 1.25. The molecule has 0 amide bonds. The molecule has 1 N–H and O–H groups in total. The normalized spacial score (nSPS) is 24.2. The van der Waals surface area contributed by atoms with Crippen LogP contribution in [-0.2, 0) is 6.42 Å². The van der Waals surface area contributed by atoms with Crippen molar-refractivity contribution in [2.24, 2.45) is 11.8 Å². The van der Waals surface area contributed by atoms with Crippen LogP contribution in [0.1, 0.15) is 24.8 Å². The van der Waals surface area contributed by atoms with Crippen LogP contribution < -0.4 is 0 Å². The molecule has 1 aliphatic rings. The van der Waals surface area contributed by atoms with Crippen molar-refractivity contribution in [2.75, 3.05) is 0 Å². The minimum absolute atomic E-state index is 0.294. The van der Waals surface area contributed by atoms with Gasteiger partial charge >= 0.3 is 0 Å². The third-order valence-corrected chi connectivity index (χ3v) is 3.32. The molecular formula is C13H15NO. The van der Waals surface area contributed by atoms with Gasteiger partial charge in [-0.3, -0.25) is 0 Å². The summed E-state index contributed by atoms with van der Waals surface area (Å²) in [6.07, 6.45) is 4.40. The lowest BCUT2D eigenvalue weighted by Gasteiger charge is -2.31. The lowest BCUT2D eigenvalue weighted by atomic mass is 9.72. The number of phenols is 1. The summed E-state index contributed by atoms with van der Waals surface area (Å²) in [6.45, 7) is 0. The molecule has 1 aliphatic carbocycles. The summed E-state index contributed by atoms with van der Waals surface area (Å²) >= 11 is 0. The molecule has 0 aliphatic heterocycles. The van der Waals surface area contributed by atoms with E-state index in [9.17, 15) is 0 Å². The number of nitrogens with zero attached hydrogens (tertiary/aromatic N) is 1. The molecule has 0 saturated heterocycles. The van der Waals surface area contributed by atoms with Crippen molar-refractivity contribution in [3.63, 3.8) is 0 Å². The van der Waals surface area contributed by atoms with Crippen LogP contribution in [0.2, 0.25) is 0 Å². The molecule has 0 aromatic heterocycles. The minimum atomic E-state index is 0.294. The van der Waals surface area contributed by atoms with E-state index >= 15 is 0 Å². The molecule has 0 spiro atoms. The Balaban J connectivity index is 1.83. The lowest BCUT2D eigenvalue weighted by molar-refractivity contribution is 0.220. The Hall–Kier alpha value is -1.49. The number of hydrogen-bond acceptors (Lipinski definition) is 2. The summed E-state index contributed by atoms with van der Waals surface area (Å²) in [6, 6.07) is 9.70. The maximum atomic E-state index is 9.13. The molecule has 2 heteroatoms. The van der Waals surface area contributed by atoms with Crippen LogP contribution in [0.4, 0.5) is 0 Å². The van der Waals surface area contributed by atoms with E-state index in [4.69, 9.17) is 10.4 Å². The maximum Gasteiger partial charge on any atom is 0.115 e. The molecule has 2 rings (SSSR count). The third kappa shape index (κ3) is 2.30. The first-order chi connectivity index (χ1) is 7.29. The fourth-order valence-electron chi connectivity index (χ4n) is 2.10. The number of aryl methyl sites for hydroxylation is 1. The molecule has 0 bridgehead atoms. The number of rotatable bonds is 3. The third-order valence-electron chi connectivity index (χ3n) is 3.32. The summed E-state index contributed by atoms with van der Waals surface area (Å²) in [5.74, 6) is 1.21. The van der Waals surface area contributed by atoms with Gasteiger partial charge in [0.1, 0.15) is 5.75 Å². The second-order valence-electron chi connectivity index (χ2n) is 4.28. The molecule has 1 aromatic rings. The van der Waals surface area contributed by atoms with Gasteiger partial charge in [0, 0.05) is 5.92 Å². The van der Waals surface area contributed by atoms with E-state index in [1.807, 2.05) is 12.1 Å². The predicted octanol–water partition coefficient (Wildman–Crippen LogP) is 2.87. The molecule has 0 radical (unpaired) electrons. The number of hydrogen-bond donors (Lipinski definition) is 1. The van der Waals surface area contributed by atoms with Gasteiger partial charge in [0.15, 0.2) is 0 Å². The van der Waals surface area contributed by atoms with E-state index in [1.54, 1.807) is 12.1 Å². The molecule has 1 aromatic carbocycles. The van der Waals surface area contributed by atoms with Gasteiger partial charge in [-0.2, -0.15) is 5.26 Å². The van der Waals surface area contributed by atoms with Crippen molar-refractivity contribution >= 4 is 0 Å². The Labute approximate surface area is 90.2 Å². The Morgan fingerprint density at radius 3 is 2.53 bits per heavy atom. The lowest BCUT2D eigenvalue weighted by Crippen LogP contribution is -2.24. The zero-order chi connectivity index (χ0) is 10.7. The van der Waals surface area contributed by atoms with Crippen molar-refractivity contribution in [1.82, 2.24) is 0 Å². The van der Waals surface area contributed by atoms with Gasteiger partial charge in [-0.15, -0.1) is 0 Å². The molecule has 1 saturated carbocycles. The monoisotopic (exact) mass is 201 g/mol. The van der Waals surface area contributed by atoms with Gasteiger partial charge in [0.2, 0.25) is 0 Å². The van der Waals surface area contributed by atoms with Crippen LogP contribution >= 0.6 is 0 Å². The Morgan fingerprint density at radius 2 is 2.00 bits per heavy atom. The quantitative estimate of drug-likeness (QED) is 0.817. The average Bonchev–Trinajstić information content (AvgIpc) is 2.20. The molecule has 2 unspecified atom stereocenters. The van der Waals surface area contributed by atoms with E-state index < -0.39 is 0 Å². The molecule has 1 fully saturated rings. The van der Waals surface area contributed by atoms with Crippen LogP contribution in [0.3, 0.4) is 0 Å². The van der Waals surface area contributed by atoms with E-state index in [0.717, 1.165) is 19.3 Å². The van der Waals surface area contributed by atoms with Crippen LogP contribution in [0.25, 0.3) is 0 Å². The Bertz CT molecular complexity index is 363. The van der Waals surface area contributed by atoms with Gasteiger partial charge in [-0.1, -0.05) is 12.1 Å². The van der Waals surface area contributed by atoms with Crippen LogP contribution in [-0.4, -0.2) is 5.11 Å². The first kappa shape index (κ1) is 10.0. The van der Waals surface area contributed by atoms with E-state index in [-0.39, 0.29) is 0 Å². The van der Waals surface area contributed by atoms with Crippen LogP contribution in [0.15, 0.2) is 24.3 Å². The molecule has 2 nitrogen and oxygen atoms in total. The summed E-state index contributed by atoms with van der Waals surface area (Å²) in [5, 5.41) is 17.9. The zero-order valence-electron chi connectivity index (χ0n) is 8.69. The van der Waals surface area contributed by atoms with Gasteiger partial charge in [-0.25, -0.2) is 0 Å². The highest BCUT2D eigenvalue weighted by Crippen LogP contribution is 2.36. The largest absolute Gasteiger partial charge is 0.508 e. The SMILES string of the molecule is N#CC1CCC1CCc1ccc(O)cc1. The van der Waals surface area contributed by atoms with Crippen molar-refractivity contribution < 1.29 is 5.11 Å². The maximum absolute atomic E-state index is 9.13. The van der Waals surface area contributed by atoms with E-state index in [1.165, 1.54) is 12.0 Å². The minimum Gasteiger partial charge on any atom is -0.508 e. The first-order valence-electron chi connectivity index (χ1n) is 5.47. The smallest absolute Gasteiger partial charge is 0.115 e. The Kier molecular flexibility index (Phi) is 2.91. The molecule has 2 atom stereocenters. The van der Waals surface area contributed by atoms with Crippen molar-refractivity contribution in [3.05, 3.63) is 29.8 Å². The van der Waals surface area contributed by atoms with E-state index in [2.05, 4.69) is 6.07 Å². The Morgan fingerprint density at radius 1 is 1.27 bits per heavy atom. The topological polar surface area (TPSA) is 44.0 Å². The van der Waals surface area contributed by atoms with Gasteiger partial charge in [-0.05, 0) is 49.3 Å². The van der Waals surface area contributed by atoms with Crippen LogP contribution in [0.5, 0.6) is 5.75 Å². The zero-order valence-corrected chi connectivity index (χ0v) is 8.69. The standard InChI is InChI=1S/C13H15NO/c14-9-12-6-5-11(12)4-1-10-2-7-13(15)8-3-10/h2-3,7-8,11-12,15H,1,4-6H2. The first-order valence-corrected chi connectivity index (χ1v) is 5.47. The highest BCUT2D eigenvalue weighted by Gasteiger charge is 2.29.